The van der Waals surface area contributed by atoms with Crippen molar-refractivity contribution in [2.24, 2.45) is 5.92 Å². The van der Waals surface area contributed by atoms with Crippen molar-refractivity contribution in [1.82, 2.24) is 4.90 Å². The molecule has 186 valence electrons. The van der Waals surface area contributed by atoms with Crippen molar-refractivity contribution >= 4 is 17.9 Å². The highest BCUT2D eigenvalue weighted by atomic mass is 16.5. The number of aliphatic carboxylic acids is 2. The van der Waals surface area contributed by atoms with E-state index in [4.69, 9.17) is 14.9 Å². The van der Waals surface area contributed by atoms with Gasteiger partial charge < -0.3 is 14.9 Å². The topological polar surface area (TPSA) is 104 Å². The van der Waals surface area contributed by atoms with Crippen LogP contribution in [0.5, 0.6) is 0 Å². The summed E-state index contributed by atoms with van der Waals surface area (Å²) in [6.45, 7) is 7.84. The monoisotopic (exact) mass is 479 g/mol. The number of hydrogen-bond acceptors (Lipinski definition) is 5. The SMILES string of the molecule is Cc1ccc(C2(c3ccc(C)cc3)CC2C(=O)OCCN2CCCC2)cc1.O=C(O)/C=C/C(=O)O. The van der Waals surface area contributed by atoms with Gasteiger partial charge in [0.15, 0.2) is 0 Å². The summed E-state index contributed by atoms with van der Waals surface area (Å²) in [7, 11) is 0. The van der Waals surface area contributed by atoms with Crippen LogP contribution in [0, 0.1) is 19.8 Å². The van der Waals surface area contributed by atoms with Gasteiger partial charge in [-0.3, -0.25) is 9.69 Å². The molecule has 4 rings (SSSR count). The molecule has 1 saturated carbocycles. The third-order valence-electron chi connectivity index (χ3n) is 6.60. The maximum absolute atomic E-state index is 12.8. The fraction of sp³-hybridized carbons (Fsp3) is 0.393. The molecule has 2 N–H and O–H groups in total. The van der Waals surface area contributed by atoms with Crippen molar-refractivity contribution in [3.8, 4) is 0 Å². The second-order valence-corrected chi connectivity index (χ2v) is 9.19. The maximum Gasteiger partial charge on any atom is 0.328 e. The number of esters is 1. The number of rotatable bonds is 8. The van der Waals surface area contributed by atoms with Gasteiger partial charge in [-0.05, 0) is 57.3 Å². The summed E-state index contributed by atoms with van der Waals surface area (Å²) in [4.78, 5) is 34.3. The lowest BCUT2D eigenvalue weighted by Crippen LogP contribution is -2.26. The van der Waals surface area contributed by atoms with Gasteiger partial charge in [-0.25, -0.2) is 9.59 Å². The van der Waals surface area contributed by atoms with Crippen molar-refractivity contribution in [3.63, 3.8) is 0 Å². The largest absolute Gasteiger partial charge is 0.478 e. The summed E-state index contributed by atoms with van der Waals surface area (Å²) >= 11 is 0. The maximum atomic E-state index is 12.8. The molecule has 0 bridgehead atoms. The smallest absolute Gasteiger partial charge is 0.328 e. The van der Waals surface area contributed by atoms with Crippen molar-refractivity contribution in [1.29, 1.82) is 0 Å². The van der Waals surface area contributed by atoms with E-state index in [9.17, 15) is 14.4 Å². The van der Waals surface area contributed by atoms with Gasteiger partial charge in [-0.1, -0.05) is 59.7 Å². The summed E-state index contributed by atoms with van der Waals surface area (Å²) in [5.74, 6) is -2.64. The minimum Gasteiger partial charge on any atom is -0.478 e. The van der Waals surface area contributed by atoms with Crippen LogP contribution in [0.4, 0.5) is 0 Å². The lowest BCUT2D eigenvalue weighted by Gasteiger charge is -2.20. The predicted octanol–water partition coefficient (Wildman–Crippen LogP) is 3.96. The molecule has 1 aliphatic heterocycles. The Balaban J connectivity index is 0.000000371. The molecule has 0 spiro atoms. The van der Waals surface area contributed by atoms with E-state index in [1.807, 2.05) is 0 Å². The van der Waals surface area contributed by atoms with E-state index in [1.54, 1.807) is 0 Å². The Morgan fingerprint density at radius 1 is 0.886 bits per heavy atom. The Morgan fingerprint density at radius 3 is 1.77 bits per heavy atom. The van der Waals surface area contributed by atoms with Crippen LogP contribution >= 0.6 is 0 Å². The number of likely N-dealkylation sites (tertiary alicyclic amines) is 1. The molecule has 35 heavy (non-hydrogen) atoms. The lowest BCUT2D eigenvalue weighted by molar-refractivity contribution is -0.146. The Kier molecular flexibility index (Phi) is 8.82. The molecule has 1 heterocycles. The summed E-state index contributed by atoms with van der Waals surface area (Å²) in [6, 6.07) is 17.2. The molecule has 2 aromatic rings. The van der Waals surface area contributed by atoms with E-state index in [1.165, 1.54) is 35.1 Å². The zero-order valence-electron chi connectivity index (χ0n) is 20.3. The molecule has 0 radical (unpaired) electrons. The lowest BCUT2D eigenvalue weighted by atomic mass is 9.85. The highest BCUT2D eigenvalue weighted by Gasteiger charge is 2.61. The number of carbonyl (C=O) groups is 3. The second-order valence-electron chi connectivity index (χ2n) is 9.19. The standard InChI is InChI=1S/C24H29NO2.C4H4O4/c1-18-5-9-20(10-6-18)24(21-11-7-19(2)8-12-21)17-22(24)23(26)27-16-15-25-13-3-4-14-25;5-3(6)1-2-4(7)8/h5-12,22H,3-4,13-17H2,1-2H3;1-2H,(H,5,6)(H,7,8)/b;2-1+. The van der Waals surface area contributed by atoms with Crippen LogP contribution in [0.2, 0.25) is 0 Å². The number of ether oxygens (including phenoxy) is 1. The first-order valence-corrected chi connectivity index (χ1v) is 11.9. The van der Waals surface area contributed by atoms with Gasteiger partial charge in [0.25, 0.3) is 0 Å². The van der Waals surface area contributed by atoms with Crippen molar-refractivity contribution < 1.29 is 29.3 Å². The van der Waals surface area contributed by atoms with E-state index in [-0.39, 0.29) is 17.3 Å². The molecule has 2 aliphatic rings. The van der Waals surface area contributed by atoms with Gasteiger partial charge in [0.1, 0.15) is 6.61 Å². The first-order chi connectivity index (χ1) is 16.7. The van der Waals surface area contributed by atoms with E-state index in [0.29, 0.717) is 18.8 Å². The second kappa shape index (κ2) is 11.8. The van der Waals surface area contributed by atoms with Crippen molar-refractivity contribution in [2.45, 2.75) is 38.5 Å². The molecule has 0 aromatic heterocycles. The van der Waals surface area contributed by atoms with Crippen molar-refractivity contribution in [3.05, 3.63) is 82.9 Å². The number of carboxylic acids is 2. The van der Waals surface area contributed by atoms with E-state index in [0.717, 1.165) is 26.1 Å². The normalized spacial score (nSPS) is 18.5. The van der Waals surface area contributed by atoms with Gasteiger partial charge in [-0.2, -0.15) is 0 Å². The molecule has 1 unspecified atom stereocenters. The molecule has 2 aromatic carbocycles. The molecule has 1 saturated heterocycles. The van der Waals surface area contributed by atoms with Crippen LogP contribution in [0.15, 0.2) is 60.7 Å². The highest BCUT2D eigenvalue weighted by Crippen LogP contribution is 2.59. The summed E-state index contributed by atoms with van der Waals surface area (Å²) < 4.78 is 5.69. The summed E-state index contributed by atoms with van der Waals surface area (Å²) in [5, 5.41) is 15.6. The van der Waals surface area contributed by atoms with Gasteiger partial charge in [0.2, 0.25) is 0 Å². The third-order valence-corrected chi connectivity index (χ3v) is 6.60. The fourth-order valence-electron chi connectivity index (χ4n) is 4.58. The average molecular weight is 480 g/mol. The van der Waals surface area contributed by atoms with Gasteiger partial charge in [0, 0.05) is 24.1 Å². The zero-order valence-corrected chi connectivity index (χ0v) is 20.3. The Morgan fingerprint density at radius 2 is 1.34 bits per heavy atom. The molecule has 1 atom stereocenters. The van der Waals surface area contributed by atoms with Crippen LogP contribution in [-0.2, 0) is 24.5 Å². The number of carbonyl (C=O) groups excluding carboxylic acids is 1. The highest BCUT2D eigenvalue weighted by molar-refractivity contribution is 5.89. The van der Waals surface area contributed by atoms with Gasteiger partial charge in [0.05, 0.1) is 5.92 Å². The average Bonchev–Trinajstić information content (AvgIpc) is 3.37. The minimum atomic E-state index is -1.26. The Hall–Kier alpha value is -3.45. The van der Waals surface area contributed by atoms with Gasteiger partial charge in [-0.15, -0.1) is 0 Å². The molecular weight excluding hydrogens is 446 g/mol. The van der Waals surface area contributed by atoms with E-state index < -0.39 is 11.9 Å². The van der Waals surface area contributed by atoms with Crippen LogP contribution < -0.4 is 0 Å². The first-order valence-electron chi connectivity index (χ1n) is 11.9. The van der Waals surface area contributed by atoms with E-state index >= 15 is 0 Å². The van der Waals surface area contributed by atoms with Crippen molar-refractivity contribution in [2.75, 3.05) is 26.2 Å². The number of aryl methyl sites for hydroxylation is 2. The minimum absolute atomic E-state index is 0.0460. The molecule has 7 heteroatoms. The Bertz CT molecular complexity index is 990. The third kappa shape index (κ3) is 7.02. The molecular formula is C28H33NO6. The first kappa shape index (κ1) is 26.2. The molecule has 0 amide bonds. The van der Waals surface area contributed by atoms with E-state index in [2.05, 4.69) is 67.3 Å². The number of hydrogen-bond donors (Lipinski definition) is 2. The van der Waals surface area contributed by atoms with Crippen LogP contribution in [0.3, 0.4) is 0 Å². The summed E-state index contributed by atoms with van der Waals surface area (Å²) in [5.41, 5.74) is 4.69. The number of carboxylic acid groups (broad SMARTS) is 2. The predicted molar refractivity (Wildman–Crippen MR) is 132 cm³/mol. The fourth-order valence-corrected chi connectivity index (χ4v) is 4.58. The Labute approximate surface area is 206 Å². The molecule has 7 nitrogen and oxygen atoms in total. The summed E-state index contributed by atoms with van der Waals surface area (Å²) in [6.07, 6.45) is 4.48. The number of benzene rings is 2. The van der Waals surface area contributed by atoms with Crippen LogP contribution in [0.25, 0.3) is 0 Å². The van der Waals surface area contributed by atoms with Crippen LogP contribution in [-0.4, -0.2) is 59.3 Å². The number of nitrogens with zero attached hydrogens (tertiary/aromatic N) is 1. The van der Waals surface area contributed by atoms with Crippen LogP contribution in [0.1, 0.15) is 41.5 Å². The van der Waals surface area contributed by atoms with Gasteiger partial charge >= 0.3 is 17.9 Å². The molecule has 1 aliphatic carbocycles. The molecule has 2 fully saturated rings. The quantitative estimate of drug-likeness (QED) is 0.436. The zero-order chi connectivity index (χ0) is 25.4.